The second-order valence-electron chi connectivity index (χ2n) is 3.87. The highest BCUT2D eigenvalue weighted by atomic mass is 16.2. The van der Waals surface area contributed by atoms with Gasteiger partial charge in [-0.25, -0.2) is 0 Å². The molecule has 1 aromatic heterocycles. The number of nitrogens with zero attached hydrogens (tertiary/aromatic N) is 2. The van der Waals surface area contributed by atoms with Gasteiger partial charge >= 0.3 is 0 Å². The van der Waals surface area contributed by atoms with Gasteiger partial charge in [0.15, 0.2) is 0 Å². The topological polar surface area (TPSA) is 59.0 Å². The molecule has 15 heavy (non-hydrogen) atoms. The van der Waals surface area contributed by atoms with Crippen molar-refractivity contribution in [1.82, 2.24) is 20.4 Å². The van der Waals surface area contributed by atoms with Crippen molar-refractivity contribution in [1.29, 1.82) is 0 Å². The van der Waals surface area contributed by atoms with E-state index in [1.807, 2.05) is 0 Å². The van der Waals surface area contributed by atoms with E-state index < -0.39 is 0 Å². The SMILES string of the molecule is Cn1ccc(C(=O)NC2CCNCC2)n1. The molecule has 2 N–H and O–H groups in total. The number of hydrogen-bond donors (Lipinski definition) is 2. The van der Waals surface area contributed by atoms with Crippen molar-refractivity contribution in [2.75, 3.05) is 13.1 Å². The van der Waals surface area contributed by atoms with Crippen LogP contribution in [0.5, 0.6) is 0 Å². The van der Waals surface area contributed by atoms with Crippen LogP contribution >= 0.6 is 0 Å². The molecule has 1 saturated heterocycles. The van der Waals surface area contributed by atoms with E-state index in [1.165, 1.54) is 0 Å². The predicted octanol–water partition coefficient (Wildman–Crippen LogP) is -0.0981. The van der Waals surface area contributed by atoms with E-state index in [0.29, 0.717) is 11.7 Å². The molecule has 0 aromatic carbocycles. The van der Waals surface area contributed by atoms with E-state index in [-0.39, 0.29) is 5.91 Å². The predicted molar refractivity (Wildman–Crippen MR) is 56.6 cm³/mol. The molecule has 2 rings (SSSR count). The molecule has 0 unspecified atom stereocenters. The summed E-state index contributed by atoms with van der Waals surface area (Å²) in [5.74, 6) is -0.0671. The summed E-state index contributed by atoms with van der Waals surface area (Å²) >= 11 is 0. The number of hydrogen-bond acceptors (Lipinski definition) is 3. The summed E-state index contributed by atoms with van der Waals surface area (Å²) in [6, 6.07) is 2.02. The van der Waals surface area contributed by atoms with E-state index >= 15 is 0 Å². The zero-order chi connectivity index (χ0) is 10.7. The van der Waals surface area contributed by atoms with Gasteiger partial charge in [0, 0.05) is 19.3 Å². The molecule has 1 aromatic rings. The first-order valence-electron chi connectivity index (χ1n) is 5.27. The zero-order valence-corrected chi connectivity index (χ0v) is 8.86. The van der Waals surface area contributed by atoms with Gasteiger partial charge in [0.1, 0.15) is 5.69 Å². The van der Waals surface area contributed by atoms with Crippen molar-refractivity contribution in [3.8, 4) is 0 Å². The molecule has 1 aliphatic rings. The van der Waals surface area contributed by atoms with Crippen molar-refractivity contribution in [2.45, 2.75) is 18.9 Å². The third-order valence-corrected chi connectivity index (χ3v) is 2.62. The second kappa shape index (κ2) is 4.44. The lowest BCUT2D eigenvalue weighted by molar-refractivity contribution is 0.0924. The molecule has 0 bridgehead atoms. The molecule has 2 heterocycles. The van der Waals surface area contributed by atoms with E-state index in [0.717, 1.165) is 25.9 Å². The Kier molecular flexibility index (Phi) is 3.01. The first-order valence-corrected chi connectivity index (χ1v) is 5.27. The maximum Gasteiger partial charge on any atom is 0.271 e. The highest BCUT2D eigenvalue weighted by Gasteiger charge is 2.17. The highest BCUT2D eigenvalue weighted by molar-refractivity contribution is 5.92. The normalized spacial score (nSPS) is 17.7. The third-order valence-electron chi connectivity index (χ3n) is 2.62. The summed E-state index contributed by atoms with van der Waals surface area (Å²) in [4.78, 5) is 11.7. The number of rotatable bonds is 2. The Hall–Kier alpha value is -1.36. The minimum Gasteiger partial charge on any atom is -0.348 e. The monoisotopic (exact) mass is 208 g/mol. The van der Waals surface area contributed by atoms with Gasteiger partial charge in [0.05, 0.1) is 0 Å². The van der Waals surface area contributed by atoms with E-state index in [4.69, 9.17) is 0 Å². The van der Waals surface area contributed by atoms with Gasteiger partial charge in [0.2, 0.25) is 0 Å². The van der Waals surface area contributed by atoms with E-state index in [1.54, 1.807) is 24.0 Å². The number of piperidine rings is 1. The Balaban J connectivity index is 1.91. The van der Waals surface area contributed by atoms with Crippen LogP contribution in [0.2, 0.25) is 0 Å². The average molecular weight is 208 g/mol. The number of aromatic nitrogens is 2. The Morgan fingerprint density at radius 3 is 2.93 bits per heavy atom. The van der Waals surface area contributed by atoms with E-state index in [2.05, 4.69) is 15.7 Å². The molecular weight excluding hydrogens is 192 g/mol. The van der Waals surface area contributed by atoms with Crippen molar-refractivity contribution in [3.63, 3.8) is 0 Å². The number of amides is 1. The van der Waals surface area contributed by atoms with Crippen LogP contribution in [-0.4, -0.2) is 34.8 Å². The Morgan fingerprint density at radius 1 is 1.60 bits per heavy atom. The molecule has 1 amide bonds. The lowest BCUT2D eigenvalue weighted by atomic mass is 10.1. The standard InChI is InChI=1S/C10H16N4O/c1-14-7-4-9(13-14)10(15)12-8-2-5-11-6-3-8/h4,7-8,11H,2-3,5-6H2,1H3,(H,12,15). The Labute approximate surface area is 88.8 Å². The van der Waals surface area contributed by atoms with Gasteiger partial charge in [0.25, 0.3) is 5.91 Å². The van der Waals surface area contributed by atoms with Gasteiger partial charge in [-0.15, -0.1) is 0 Å². The minimum atomic E-state index is -0.0671. The first kappa shape index (κ1) is 10.2. The molecule has 0 aliphatic carbocycles. The molecule has 5 nitrogen and oxygen atoms in total. The Morgan fingerprint density at radius 2 is 2.33 bits per heavy atom. The highest BCUT2D eigenvalue weighted by Crippen LogP contribution is 2.03. The van der Waals surface area contributed by atoms with Crippen LogP contribution in [0.25, 0.3) is 0 Å². The molecule has 82 valence electrons. The summed E-state index contributed by atoms with van der Waals surface area (Å²) in [5.41, 5.74) is 0.496. The second-order valence-corrected chi connectivity index (χ2v) is 3.87. The number of aryl methyl sites for hydroxylation is 1. The molecular formula is C10H16N4O. The summed E-state index contributed by atoms with van der Waals surface area (Å²) in [7, 11) is 1.81. The number of carbonyl (C=O) groups is 1. The smallest absolute Gasteiger partial charge is 0.271 e. The van der Waals surface area contributed by atoms with E-state index in [9.17, 15) is 4.79 Å². The molecule has 1 fully saturated rings. The van der Waals surface area contributed by atoms with Gasteiger partial charge < -0.3 is 10.6 Å². The fourth-order valence-corrected chi connectivity index (χ4v) is 1.76. The maximum absolute atomic E-state index is 11.7. The van der Waals surface area contributed by atoms with Gasteiger partial charge in [-0.05, 0) is 32.0 Å². The Bertz CT molecular complexity index is 341. The van der Waals surface area contributed by atoms with Crippen LogP contribution in [-0.2, 0) is 7.05 Å². The molecule has 0 radical (unpaired) electrons. The van der Waals surface area contributed by atoms with Crippen LogP contribution in [0.15, 0.2) is 12.3 Å². The fourth-order valence-electron chi connectivity index (χ4n) is 1.76. The van der Waals surface area contributed by atoms with Gasteiger partial charge in [-0.2, -0.15) is 5.10 Å². The van der Waals surface area contributed by atoms with Crippen molar-refractivity contribution >= 4 is 5.91 Å². The fraction of sp³-hybridized carbons (Fsp3) is 0.600. The molecule has 0 saturated carbocycles. The summed E-state index contributed by atoms with van der Waals surface area (Å²) in [6.07, 6.45) is 3.77. The molecule has 5 heteroatoms. The van der Waals surface area contributed by atoms with Crippen molar-refractivity contribution in [2.24, 2.45) is 7.05 Å². The lowest BCUT2D eigenvalue weighted by Gasteiger charge is -2.23. The summed E-state index contributed by atoms with van der Waals surface area (Å²) in [5, 5.41) is 10.3. The van der Waals surface area contributed by atoms with Crippen LogP contribution < -0.4 is 10.6 Å². The van der Waals surface area contributed by atoms with Crippen LogP contribution in [0.4, 0.5) is 0 Å². The van der Waals surface area contributed by atoms with Crippen molar-refractivity contribution < 1.29 is 4.79 Å². The lowest BCUT2D eigenvalue weighted by Crippen LogP contribution is -2.42. The summed E-state index contributed by atoms with van der Waals surface area (Å²) in [6.45, 7) is 1.96. The molecule has 0 spiro atoms. The van der Waals surface area contributed by atoms with Crippen molar-refractivity contribution in [3.05, 3.63) is 18.0 Å². The average Bonchev–Trinajstić information content (AvgIpc) is 2.66. The minimum absolute atomic E-state index is 0.0671. The van der Waals surface area contributed by atoms with Gasteiger partial charge in [-0.3, -0.25) is 9.48 Å². The maximum atomic E-state index is 11.7. The largest absolute Gasteiger partial charge is 0.348 e. The molecule has 1 aliphatic heterocycles. The van der Waals surface area contributed by atoms with Crippen LogP contribution in [0.1, 0.15) is 23.3 Å². The quantitative estimate of drug-likeness (QED) is 0.713. The summed E-state index contributed by atoms with van der Waals surface area (Å²) < 4.78 is 1.64. The van der Waals surface area contributed by atoms with Crippen LogP contribution in [0.3, 0.4) is 0 Å². The number of carbonyl (C=O) groups excluding carboxylic acids is 1. The first-order chi connectivity index (χ1) is 7.25. The number of nitrogens with one attached hydrogen (secondary N) is 2. The van der Waals surface area contributed by atoms with Gasteiger partial charge in [-0.1, -0.05) is 0 Å². The third kappa shape index (κ3) is 2.56. The zero-order valence-electron chi connectivity index (χ0n) is 8.86. The van der Waals surface area contributed by atoms with Crippen LogP contribution in [0, 0.1) is 0 Å². The molecule has 0 atom stereocenters.